The van der Waals surface area contributed by atoms with Gasteiger partial charge in [-0.15, -0.1) is 13.2 Å². The van der Waals surface area contributed by atoms with Gasteiger partial charge in [-0.3, -0.25) is 0 Å². The Bertz CT molecular complexity index is 518. The Morgan fingerprint density at radius 3 is 1.16 bits per heavy atom. The molecular weight excluding hydrogens is 653 g/mol. The first-order valence-electron chi connectivity index (χ1n) is 8.30. The normalized spacial score (nSPS) is 11.7. The molecule has 0 fully saturated rings. The molecule has 0 aromatic carbocycles. The summed E-state index contributed by atoms with van der Waals surface area (Å²) < 4.78 is 54.5. The van der Waals surface area contributed by atoms with Crippen molar-refractivity contribution in [3.8, 4) is 0 Å². The van der Waals surface area contributed by atoms with Gasteiger partial charge in [0.15, 0.2) is 0 Å². The SMILES string of the molecule is C=CCOCCOCC=C.OCC(O)COCCOCC(O)CO.[K].[K].[O]=[Os](=[O])(=[O])=[O]. The molecule has 4 N–H and O–H groups in total. The molecule has 0 saturated heterocycles. The summed E-state index contributed by atoms with van der Waals surface area (Å²) in [6.45, 7) is 9.47. The van der Waals surface area contributed by atoms with Gasteiger partial charge in [-0.2, -0.15) is 0 Å². The van der Waals surface area contributed by atoms with E-state index >= 15 is 0 Å². The van der Waals surface area contributed by atoms with E-state index in [4.69, 9.17) is 53.5 Å². The number of hydrogen-bond donors (Lipinski definition) is 4. The van der Waals surface area contributed by atoms with Crippen molar-refractivity contribution in [1.82, 2.24) is 0 Å². The van der Waals surface area contributed by atoms with E-state index in [9.17, 15) is 0 Å². The van der Waals surface area contributed by atoms with E-state index in [1.165, 1.54) is 0 Å². The summed E-state index contributed by atoms with van der Waals surface area (Å²) in [6, 6.07) is 0. The maximum atomic E-state index is 8.85. The number of ether oxygens (including phenoxy) is 4. The van der Waals surface area contributed by atoms with E-state index in [-0.39, 0.29) is 142 Å². The molecule has 0 heterocycles. The molecule has 0 aliphatic carbocycles. The molecule has 0 saturated carbocycles. The molecule has 2 unspecified atom stereocenters. The first-order valence-corrected chi connectivity index (χ1v) is 12.5. The van der Waals surface area contributed by atoms with Crippen LogP contribution in [0.4, 0.5) is 0 Å². The quantitative estimate of drug-likeness (QED) is 0.0789. The Balaban J connectivity index is -0.000000117. The van der Waals surface area contributed by atoms with Gasteiger partial charge in [0.25, 0.3) is 0 Å². The molecule has 0 aromatic rings. The van der Waals surface area contributed by atoms with Gasteiger partial charge in [0.05, 0.1) is 66.1 Å². The fourth-order valence-electron chi connectivity index (χ4n) is 1.11. The van der Waals surface area contributed by atoms with Gasteiger partial charge in [-0.05, 0) is 0 Å². The Hall–Kier alpha value is 2.27. The van der Waals surface area contributed by atoms with Crippen LogP contribution in [0.1, 0.15) is 0 Å². The molecule has 0 aliphatic heterocycles. The summed E-state index contributed by atoms with van der Waals surface area (Å²) in [4.78, 5) is 0. The summed E-state index contributed by atoms with van der Waals surface area (Å²) in [5.41, 5.74) is 0. The second-order valence-corrected chi connectivity index (χ2v) is 7.44. The zero-order valence-electron chi connectivity index (χ0n) is 18.2. The van der Waals surface area contributed by atoms with Crippen molar-refractivity contribution in [3.05, 3.63) is 25.3 Å². The van der Waals surface area contributed by atoms with Crippen LogP contribution in [0, 0.1) is 0 Å². The van der Waals surface area contributed by atoms with E-state index in [1.54, 1.807) is 12.2 Å². The third kappa shape index (κ3) is 59.6. The number of aliphatic hydroxyl groups is 4. The molecule has 0 aromatic heterocycles. The Morgan fingerprint density at radius 1 is 0.677 bits per heavy atom. The van der Waals surface area contributed by atoms with Crippen molar-refractivity contribution in [2.75, 3.05) is 66.1 Å². The fourth-order valence-corrected chi connectivity index (χ4v) is 1.11. The Morgan fingerprint density at radius 2 is 0.935 bits per heavy atom. The molecule has 0 rings (SSSR count). The van der Waals surface area contributed by atoms with Crippen LogP contribution in [0.2, 0.25) is 0 Å². The van der Waals surface area contributed by atoms with E-state index < -0.39 is 27.0 Å². The number of rotatable bonds is 16. The van der Waals surface area contributed by atoms with Crippen LogP contribution < -0.4 is 0 Å². The molecule has 0 aliphatic rings. The molecule has 2 radical (unpaired) electrons. The summed E-state index contributed by atoms with van der Waals surface area (Å²) in [5, 5.41) is 34.5. The van der Waals surface area contributed by atoms with Crippen LogP contribution in [-0.4, -0.2) is 201 Å². The molecule has 0 spiro atoms. The molecule has 178 valence electrons. The third-order valence-electron chi connectivity index (χ3n) is 2.26. The second-order valence-electron chi connectivity index (χ2n) is 4.90. The molecule has 0 amide bonds. The van der Waals surface area contributed by atoms with Crippen LogP contribution in [0.5, 0.6) is 0 Å². The monoisotopic (exact) mass is 686 g/mol. The van der Waals surface area contributed by atoms with Gasteiger partial charge in [0.2, 0.25) is 0 Å². The average molecular weight is 685 g/mol. The minimum absolute atomic E-state index is 0. The summed E-state index contributed by atoms with van der Waals surface area (Å²) in [6.07, 6.45) is 1.71. The summed E-state index contributed by atoms with van der Waals surface area (Å²) in [7, 11) is 0. The standard InChI is InChI=1S/C8H18O6.C8H14O2.2K.4O.Os/c9-3-7(11)5-13-1-2-14-6-8(12)4-10;1-3-5-9-7-8-10-6-4-2;;;;;;;/h7-12H,1-6H2;3-4H,1-2,5-8H2;;;;;;;. The van der Waals surface area contributed by atoms with Crippen molar-refractivity contribution >= 4 is 103 Å². The molecular formula is C16H32K2O12Os. The van der Waals surface area contributed by atoms with Gasteiger partial charge in [-0.1, -0.05) is 12.2 Å². The fraction of sp³-hybridized carbons (Fsp3) is 0.750. The molecule has 12 nitrogen and oxygen atoms in total. The first-order chi connectivity index (χ1) is 13.6. The molecule has 2 atom stereocenters. The predicted molar refractivity (Wildman–Crippen MR) is 104 cm³/mol. The van der Waals surface area contributed by atoms with Crippen molar-refractivity contribution in [2.45, 2.75) is 12.2 Å². The maximum absolute atomic E-state index is 8.85. The van der Waals surface area contributed by atoms with E-state index in [0.717, 1.165) is 0 Å². The van der Waals surface area contributed by atoms with Gasteiger partial charge in [0, 0.05) is 103 Å². The number of aliphatic hydroxyl groups excluding tert-OH is 4. The molecule has 15 heteroatoms. The topological polar surface area (TPSA) is 186 Å². The Kier molecular flexibility index (Phi) is 48.2. The van der Waals surface area contributed by atoms with Gasteiger partial charge < -0.3 is 39.4 Å². The van der Waals surface area contributed by atoms with E-state index in [2.05, 4.69) is 13.2 Å². The van der Waals surface area contributed by atoms with Crippen molar-refractivity contribution < 1.29 is 68.4 Å². The van der Waals surface area contributed by atoms with Gasteiger partial charge >= 0.3 is 29.0 Å². The Labute approximate surface area is 270 Å². The summed E-state index contributed by atoms with van der Waals surface area (Å²) in [5.74, 6) is 0. The van der Waals surface area contributed by atoms with Gasteiger partial charge in [-0.25, -0.2) is 0 Å². The van der Waals surface area contributed by atoms with Gasteiger partial charge in [0.1, 0.15) is 12.2 Å². The summed E-state index contributed by atoms with van der Waals surface area (Å²) >= 11 is -6.06. The third-order valence-corrected chi connectivity index (χ3v) is 2.26. The van der Waals surface area contributed by atoms with Crippen molar-refractivity contribution in [3.63, 3.8) is 0 Å². The van der Waals surface area contributed by atoms with Crippen LogP contribution in [0.15, 0.2) is 25.3 Å². The van der Waals surface area contributed by atoms with Crippen LogP contribution in [-0.2, 0) is 47.9 Å². The zero-order chi connectivity index (χ0) is 23.0. The zero-order valence-corrected chi connectivity index (χ0v) is 27.0. The number of hydrogen-bond acceptors (Lipinski definition) is 12. The van der Waals surface area contributed by atoms with Crippen molar-refractivity contribution in [1.29, 1.82) is 0 Å². The van der Waals surface area contributed by atoms with Crippen LogP contribution in [0.3, 0.4) is 0 Å². The van der Waals surface area contributed by atoms with Crippen LogP contribution >= 0.6 is 0 Å². The van der Waals surface area contributed by atoms with Crippen LogP contribution in [0.25, 0.3) is 0 Å². The first kappa shape index (κ1) is 43.4. The van der Waals surface area contributed by atoms with E-state index in [0.29, 0.717) is 26.4 Å². The van der Waals surface area contributed by atoms with E-state index in [1.807, 2.05) is 0 Å². The molecule has 31 heavy (non-hydrogen) atoms. The van der Waals surface area contributed by atoms with Crippen molar-refractivity contribution in [2.24, 2.45) is 0 Å². The second kappa shape index (κ2) is 34.4. The average Bonchev–Trinajstić information content (AvgIpc) is 2.66. The molecule has 0 bridgehead atoms. The predicted octanol–water partition coefficient (Wildman–Crippen LogP) is -2.12. The minimum atomic E-state index is -6.06.